The molecule has 21 heavy (non-hydrogen) atoms. The van der Waals surface area contributed by atoms with Gasteiger partial charge in [0.15, 0.2) is 0 Å². The Morgan fingerprint density at radius 1 is 1.43 bits per heavy atom. The van der Waals surface area contributed by atoms with Crippen LogP contribution in [0.15, 0.2) is 24.4 Å². The summed E-state index contributed by atoms with van der Waals surface area (Å²) in [4.78, 5) is 11.1. The number of nitrogens with one attached hydrogen (secondary N) is 1. The highest BCUT2D eigenvalue weighted by Crippen LogP contribution is 2.19. The molecule has 112 valence electrons. The molecule has 0 amide bonds. The van der Waals surface area contributed by atoms with Crippen molar-refractivity contribution in [3.8, 4) is 0 Å². The van der Waals surface area contributed by atoms with Crippen LogP contribution in [0.5, 0.6) is 0 Å². The molecular formula is C14H18N4O3. The molecule has 1 aromatic carbocycles. The molecule has 0 spiro atoms. The van der Waals surface area contributed by atoms with Crippen molar-refractivity contribution in [2.75, 3.05) is 11.9 Å². The zero-order chi connectivity index (χ0) is 15.2. The molecule has 0 bridgehead atoms. The molecule has 7 heteroatoms. The summed E-state index contributed by atoms with van der Waals surface area (Å²) in [5.41, 5.74) is 2.50. The first-order chi connectivity index (χ1) is 10.1. The van der Waals surface area contributed by atoms with Crippen LogP contribution in [0.2, 0.25) is 0 Å². The van der Waals surface area contributed by atoms with Gasteiger partial charge in [0.05, 0.1) is 18.3 Å². The molecule has 3 N–H and O–H groups in total. The third-order valence-corrected chi connectivity index (χ3v) is 3.16. The molecule has 0 atom stereocenters. The van der Waals surface area contributed by atoms with Gasteiger partial charge in [-0.05, 0) is 31.0 Å². The summed E-state index contributed by atoms with van der Waals surface area (Å²) in [6.07, 6.45) is 2.44. The molecule has 0 unspecified atom stereocenters. The standard InChI is InChI=1S/C14H18N4O3/c1-10-12(14(20)21)4-2-5-13(10)15-8-11-9-18(17-16-11)6-3-7-19/h2,4-5,9,15,19H,3,6-8H2,1H3,(H,20,21). The van der Waals surface area contributed by atoms with E-state index in [0.29, 0.717) is 25.1 Å². The smallest absolute Gasteiger partial charge is 0.336 e. The molecule has 0 saturated heterocycles. The number of aryl methyl sites for hydroxylation is 1. The fourth-order valence-corrected chi connectivity index (χ4v) is 2.01. The van der Waals surface area contributed by atoms with Crippen molar-refractivity contribution in [3.63, 3.8) is 0 Å². The largest absolute Gasteiger partial charge is 0.478 e. The van der Waals surface area contributed by atoms with Crippen molar-refractivity contribution in [2.24, 2.45) is 0 Å². The van der Waals surface area contributed by atoms with Crippen LogP contribution < -0.4 is 5.32 Å². The number of carboxylic acids is 1. The molecule has 2 aromatic rings. The van der Waals surface area contributed by atoms with Gasteiger partial charge in [0, 0.05) is 18.8 Å². The maximum absolute atomic E-state index is 11.1. The quantitative estimate of drug-likeness (QED) is 0.710. The van der Waals surface area contributed by atoms with E-state index >= 15 is 0 Å². The lowest BCUT2D eigenvalue weighted by Gasteiger charge is -2.10. The van der Waals surface area contributed by atoms with E-state index < -0.39 is 5.97 Å². The fourth-order valence-electron chi connectivity index (χ4n) is 2.01. The average molecular weight is 290 g/mol. The van der Waals surface area contributed by atoms with E-state index in [0.717, 1.165) is 11.4 Å². The molecule has 0 saturated carbocycles. The van der Waals surface area contributed by atoms with E-state index in [1.54, 1.807) is 29.9 Å². The van der Waals surface area contributed by atoms with Crippen LogP contribution in [0, 0.1) is 6.92 Å². The van der Waals surface area contributed by atoms with Crippen molar-refractivity contribution in [3.05, 3.63) is 41.2 Å². The molecule has 1 aromatic heterocycles. The Bertz CT molecular complexity index is 624. The maximum Gasteiger partial charge on any atom is 0.336 e. The van der Waals surface area contributed by atoms with Gasteiger partial charge in [-0.1, -0.05) is 11.3 Å². The predicted molar refractivity (Wildman–Crippen MR) is 77.2 cm³/mol. The number of anilines is 1. The molecule has 0 fully saturated rings. The van der Waals surface area contributed by atoms with Gasteiger partial charge >= 0.3 is 5.97 Å². The maximum atomic E-state index is 11.1. The number of benzene rings is 1. The molecule has 1 heterocycles. The predicted octanol–water partition coefficient (Wildman–Crippen LogP) is 1.28. The zero-order valence-electron chi connectivity index (χ0n) is 11.8. The SMILES string of the molecule is Cc1c(NCc2cn(CCCO)nn2)cccc1C(=O)O. The van der Waals surface area contributed by atoms with E-state index in [1.165, 1.54) is 0 Å². The normalized spacial score (nSPS) is 10.6. The van der Waals surface area contributed by atoms with Crippen LogP contribution in [0.25, 0.3) is 0 Å². The fraction of sp³-hybridized carbons (Fsp3) is 0.357. The van der Waals surface area contributed by atoms with Gasteiger partial charge in [0.25, 0.3) is 0 Å². The number of rotatable bonds is 7. The monoisotopic (exact) mass is 290 g/mol. The van der Waals surface area contributed by atoms with Gasteiger partial charge in [0.1, 0.15) is 5.69 Å². The van der Waals surface area contributed by atoms with Crippen molar-refractivity contribution >= 4 is 11.7 Å². The molecule has 0 aliphatic carbocycles. The average Bonchev–Trinajstić information content (AvgIpc) is 2.91. The molecule has 7 nitrogen and oxygen atoms in total. The Labute approximate surface area is 122 Å². The lowest BCUT2D eigenvalue weighted by molar-refractivity contribution is 0.0696. The second kappa shape index (κ2) is 6.85. The third kappa shape index (κ3) is 3.79. The highest BCUT2D eigenvalue weighted by Gasteiger charge is 2.10. The summed E-state index contributed by atoms with van der Waals surface area (Å²) in [5, 5.41) is 29.0. The highest BCUT2D eigenvalue weighted by molar-refractivity contribution is 5.91. The highest BCUT2D eigenvalue weighted by atomic mass is 16.4. The summed E-state index contributed by atoms with van der Waals surface area (Å²) >= 11 is 0. The topological polar surface area (TPSA) is 100 Å². The summed E-state index contributed by atoms with van der Waals surface area (Å²) in [5.74, 6) is -0.939. The number of hydrogen-bond acceptors (Lipinski definition) is 5. The van der Waals surface area contributed by atoms with Crippen LogP contribution in [0.4, 0.5) is 5.69 Å². The lowest BCUT2D eigenvalue weighted by Crippen LogP contribution is -2.06. The number of hydrogen-bond donors (Lipinski definition) is 3. The Kier molecular flexibility index (Phi) is 4.89. The number of aliphatic hydroxyl groups is 1. The minimum atomic E-state index is -0.939. The number of aromatic nitrogens is 3. The molecule has 0 radical (unpaired) electrons. The van der Waals surface area contributed by atoms with E-state index in [2.05, 4.69) is 15.6 Å². The van der Waals surface area contributed by atoms with Crippen molar-refractivity contribution in [2.45, 2.75) is 26.4 Å². The van der Waals surface area contributed by atoms with Crippen molar-refractivity contribution in [1.29, 1.82) is 0 Å². The number of nitrogens with zero attached hydrogens (tertiary/aromatic N) is 3. The third-order valence-electron chi connectivity index (χ3n) is 3.16. The van der Waals surface area contributed by atoms with E-state index in [-0.39, 0.29) is 12.2 Å². The zero-order valence-corrected chi connectivity index (χ0v) is 11.8. The van der Waals surface area contributed by atoms with Crippen molar-refractivity contribution < 1.29 is 15.0 Å². The van der Waals surface area contributed by atoms with Gasteiger partial charge in [-0.25, -0.2) is 4.79 Å². The first-order valence-corrected chi connectivity index (χ1v) is 6.68. The Hall–Kier alpha value is -2.41. The van der Waals surface area contributed by atoms with E-state index in [9.17, 15) is 4.79 Å². The minimum Gasteiger partial charge on any atom is -0.478 e. The van der Waals surface area contributed by atoms with E-state index in [1.807, 2.05) is 6.07 Å². The Morgan fingerprint density at radius 2 is 2.24 bits per heavy atom. The van der Waals surface area contributed by atoms with Gasteiger partial charge in [-0.15, -0.1) is 5.10 Å². The van der Waals surface area contributed by atoms with Crippen LogP contribution in [-0.4, -0.2) is 37.8 Å². The number of carboxylic acid groups (broad SMARTS) is 1. The molecular weight excluding hydrogens is 272 g/mol. The minimum absolute atomic E-state index is 0.120. The number of carbonyl (C=O) groups is 1. The Morgan fingerprint density at radius 3 is 2.95 bits per heavy atom. The first kappa shape index (κ1) is 15.0. The van der Waals surface area contributed by atoms with Gasteiger partial charge in [0.2, 0.25) is 0 Å². The van der Waals surface area contributed by atoms with Gasteiger partial charge < -0.3 is 15.5 Å². The summed E-state index contributed by atoms with van der Waals surface area (Å²) in [6.45, 7) is 2.97. The van der Waals surface area contributed by atoms with Crippen LogP contribution >= 0.6 is 0 Å². The second-order valence-electron chi connectivity index (χ2n) is 4.69. The lowest BCUT2D eigenvalue weighted by atomic mass is 10.1. The molecule has 0 aliphatic heterocycles. The molecule has 0 aliphatic rings. The van der Waals surface area contributed by atoms with Crippen LogP contribution in [0.3, 0.4) is 0 Å². The summed E-state index contributed by atoms with van der Waals surface area (Å²) < 4.78 is 1.67. The van der Waals surface area contributed by atoms with E-state index in [4.69, 9.17) is 10.2 Å². The number of aromatic carboxylic acids is 1. The summed E-state index contributed by atoms with van der Waals surface area (Å²) in [6, 6.07) is 5.11. The number of aliphatic hydroxyl groups excluding tert-OH is 1. The van der Waals surface area contributed by atoms with Crippen molar-refractivity contribution in [1.82, 2.24) is 15.0 Å². The second-order valence-corrected chi connectivity index (χ2v) is 4.69. The van der Waals surface area contributed by atoms with Crippen LogP contribution in [0.1, 0.15) is 28.0 Å². The Balaban J connectivity index is 2.01. The first-order valence-electron chi connectivity index (χ1n) is 6.68. The molecule has 2 rings (SSSR count). The van der Waals surface area contributed by atoms with Crippen LogP contribution in [-0.2, 0) is 13.1 Å². The van der Waals surface area contributed by atoms with Gasteiger partial charge in [-0.3, -0.25) is 4.68 Å². The van der Waals surface area contributed by atoms with Gasteiger partial charge in [-0.2, -0.15) is 0 Å². The summed E-state index contributed by atoms with van der Waals surface area (Å²) in [7, 11) is 0.